The van der Waals surface area contributed by atoms with Gasteiger partial charge in [0.05, 0.1) is 0 Å². The van der Waals surface area contributed by atoms with Crippen LogP contribution in [0.5, 0.6) is 0 Å². The molecular formula is C29H30. The topological polar surface area (TPSA) is 0 Å². The lowest BCUT2D eigenvalue weighted by molar-refractivity contribution is 1.38. The van der Waals surface area contributed by atoms with Gasteiger partial charge in [-0.3, -0.25) is 0 Å². The Morgan fingerprint density at radius 1 is 0.345 bits per heavy atom. The molecule has 0 aromatic heterocycles. The van der Waals surface area contributed by atoms with E-state index in [1.54, 1.807) is 0 Å². The molecular weight excluding hydrogens is 348 g/mol. The van der Waals surface area contributed by atoms with Crippen molar-refractivity contribution in [1.82, 2.24) is 0 Å². The Hall–Kier alpha value is -3.12. The van der Waals surface area contributed by atoms with Crippen LogP contribution in [0, 0.1) is 34.6 Å². The van der Waals surface area contributed by atoms with Crippen LogP contribution in [0.3, 0.4) is 0 Å². The molecule has 0 aliphatic carbocycles. The van der Waals surface area contributed by atoms with E-state index in [0.717, 1.165) is 0 Å². The molecule has 0 spiro atoms. The number of hydrogen-bond donors (Lipinski definition) is 0. The van der Waals surface area contributed by atoms with Crippen molar-refractivity contribution in [1.29, 1.82) is 0 Å². The summed E-state index contributed by atoms with van der Waals surface area (Å²) in [4.78, 5) is 0. The van der Waals surface area contributed by atoms with Crippen molar-refractivity contribution >= 4 is 0 Å². The first-order valence-electron chi connectivity index (χ1n) is 10.2. The predicted molar refractivity (Wildman–Crippen MR) is 127 cm³/mol. The summed E-state index contributed by atoms with van der Waals surface area (Å²) in [5, 5.41) is 0. The monoisotopic (exact) mass is 378 g/mol. The summed E-state index contributed by atoms with van der Waals surface area (Å²) < 4.78 is 0. The molecule has 0 saturated carbocycles. The van der Waals surface area contributed by atoms with Crippen LogP contribution in [0.2, 0.25) is 0 Å². The van der Waals surface area contributed by atoms with E-state index in [9.17, 15) is 0 Å². The van der Waals surface area contributed by atoms with Gasteiger partial charge in [-0.05, 0) is 62.4 Å². The van der Waals surface area contributed by atoms with Crippen LogP contribution in [0.15, 0.2) is 91.0 Å². The van der Waals surface area contributed by atoms with E-state index in [-0.39, 0.29) is 0 Å². The van der Waals surface area contributed by atoms with Gasteiger partial charge in [-0.2, -0.15) is 0 Å². The maximum Gasteiger partial charge on any atom is -0.0155 e. The normalized spacial score (nSPS) is 10.2. The van der Waals surface area contributed by atoms with Gasteiger partial charge in [-0.25, -0.2) is 0 Å². The third kappa shape index (κ3) is 5.68. The Morgan fingerprint density at radius 2 is 0.690 bits per heavy atom. The smallest absolute Gasteiger partial charge is 0.0155 e. The zero-order valence-electron chi connectivity index (χ0n) is 18.2. The molecule has 29 heavy (non-hydrogen) atoms. The van der Waals surface area contributed by atoms with Crippen LogP contribution in [-0.4, -0.2) is 0 Å². The van der Waals surface area contributed by atoms with Gasteiger partial charge >= 0.3 is 0 Å². The molecule has 0 N–H and O–H groups in total. The molecule has 0 heteroatoms. The highest BCUT2D eigenvalue weighted by atomic mass is 14.1. The van der Waals surface area contributed by atoms with Crippen LogP contribution in [0.1, 0.15) is 27.8 Å². The zero-order valence-corrected chi connectivity index (χ0v) is 18.2. The second-order valence-electron chi connectivity index (χ2n) is 7.92. The van der Waals surface area contributed by atoms with E-state index < -0.39 is 0 Å². The molecule has 0 unspecified atom stereocenters. The zero-order chi connectivity index (χ0) is 20.8. The number of benzene rings is 4. The molecule has 0 amide bonds. The highest BCUT2D eigenvalue weighted by Crippen LogP contribution is 2.24. The summed E-state index contributed by atoms with van der Waals surface area (Å²) in [5.74, 6) is 0. The van der Waals surface area contributed by atoms with Crippen LogP contribution in [0.25, 0.3) is 22.3 Å². The van der Waals surface area contributed by atoms with E-state index in [1.807, 2.05) is 0 Å². The lowest BCUT2D eigenvalue weighted by Gasteiger charge is -2.07. The van der Waals surface area contributed by atoms with Gasteiger partial charge in [0.2, 0.25) is 0 Å². The number of aryl methyl sites for hydroxylation is 5. The van der Waals surface area contributed by atoms with Crippen molar-refractivity contribution in [2.24, 2.45) is 0 Å². The Bertz CT molecular complexity index is 1010. The summed E-state index contributed by atoms with van der Waals surface area (Å²) in [6.07, 6.45) is 0. The molecule has 0 bridgehead atoms. The summed E-state index contributed by atoms with van der Waals surface area (Å²) in [6, 6.07) is 32.6. The Balaban J connectivity index is 0.000000166. The average molecular weight is 379 g/mol. The molecule has 0 nitrogen and oxygen atoms in total. The fraction of sp³-hybridized carbons (Fsp3) is 0.172. The van der Waals surface area contributed by atoms with E-state index in [0.29, 0.717) is 0 Å². The minimum absolute atomic E-state index is 1.29. The summed E-state index contributed by atoms with van der Waals surface area (Å²) in [6.45, 7) is 10.6. The summed E-state index contributed by atoms with van der Waals surface area (Å²) in [5.41, 5.74) is 11.8. The number of rotatable bonds is 2. The van der Waals surface area contributed by atoms with Gasteiger partial charge < -0.3 is 0 Å². The molecule has 0 aliphatic heterocycles. The molecule has 0 aliphatic rings. The van der Waals surface area contributed by atoms with Crippen molar-refractivity contribution in [3.63, 3.8) is 0 Å². The molecule has 0 fully saturated rings. The Morgan fingerprint density at radius 3 is 1.07 bits per heavy atom. The third-order valence-corrected chi connectivity index (χ3v) is 5.18. The predicted octanol–water partition coefficient (Wildman–Crippen LogP) is 8.25. The largest absolute Gasteiger partial charge is 0.0587 e. The third-order valence-electron chi connectivity index (χ3n) is 5.18. The second-order valence-corrected chi connectivity index (χ2v) is 7.92. The highest BCUT2D eigenvalue weighted by Gasteiger charge is 2.01. The summed E-state index contributed by atoms with van der Waals surface area (Å²) in [7, 11) is 0. The second kappa shape index (κ2) is 9.39. The quantitative estimate of drug-likeness (QED) is 0.329. The van der Waals surface area contributed by atoms with Gasteiger partial charge in [0.1, 0.15) is 0 Å². The lowest BCUT2D eigenvalue weighted by atomic mass is 9.98. The van der Waals surface area contributed by atoms with Crippen LogP contribution >= 0.6 is 0 Å². The molecule has 4 aromatic carbocycles. The molecule has 0 radical (unpaired) electrons. The first kappa shape index (κ1) is 20.6. The number of hydrogen-bond acceptors (Lipinski definition) is 0. The maximum absolute atomic E-state index is 2.23. The van der Waals surface area contributed by atoms with E-state index in [4.69, 9.17) is 0 Å². The minimum atomic E-state index is 1.29. The fourth-order valence-corrected chi connectivity index (χ4v) is 3.36. The molecule has 0 atom stereocenters. The van der Waals surface area contributed by atoms with Crippen molar-refractivity contribution in [3.8, 4) is 22.3 Å². The van der Waals surface area contributed by atoms with E-state index >= 15 is 0 Å². The van der Waals surface area contributed by atoms with Crippen molar-refractivity contribution in [2.45, 2.75) is 34.6 Å². The van der Waals surface area contributed by atoms with Crippen molar-refractivity contribution in [3.05, 3.63) is 119 Å². The van der Waals surface area contributed by atoms with Crippen LogP contribution < -0.4 is 0 Å². The molecule has 0 heterocycles. The standard InChI is InChI=1S/C15H16.C14H14/c1-11-4-7-14(8-5-11)15-9-6-12(2)10-13(15)3;1-11-3-7-13(8-4-11)14-9-5-12(2)6-10-14/h4-10H,1-3H3;3-10H,1-2H3. The lowest BCUT2D eigenvalue weighted by Crippen LogP contribution is -1.84. The fourth-order valence-electron chi connectivity index (χ4n) is 3.36. The van der Waals surface area contributed by atoms with Gasteiger partial charge in [0.15, 0.2) is 0 Å². The van der Waals surface area contributed by atoms with Crippen molar-refractivity contribution < 1.29 is 0 Å². The van der Waals surface area contributed by atoms with E-state index in [1.165, 1.54) is 50.1 Å². The minimum Gasteiger partial charge on any atom is -0.0587 e. The van der Waals surface area contributed by atoms with Crippen LogP contribution in [0.4, 0.5) is 0 Å². The van der Waals surface area contributed by atoms with Crippen molar-refractivity contribution in [2.75, 3.05) is 0 Å². The molecule has 0 saturated heterocycles. The summed E-state index contributed by atoms with van der Waals surface area (Å²) >= 11 is 0. The average Bonchev–Trinajstić information content (AvgIpc) is 2.71. The molecule has 4 aromatic rings. The molecule has 146 valence electrons. The van der Waals surface area contributed by atoms with Gasteiger partial charge in [0.25, 0.3) is 0 Å². The van der Waals surface area contributed by atoms with Gasteiger partial charge in [-0.15, -0.1) is 0 Å². The van der Waals surface area contributed by atoms with Crippen LogP contribution in [-0.2, 0) is 0 Å². The van der Waals surface area contributed by atoms with E-state index in [2.05, 4.69) is 126 Å². The molecule has 4 rings (SSSR count). The maximum atomic E-state index is 2.23. The Labute approximate surface area is 175 Å². The first-order chi connectivity index (χ1) is 13.9. The van der Waals surface area contributed by atoms with Gasteiger partial charge in [0, 0.05) is 0 Å². The highest BCUT2D eigenvalue weighted by molar-refractivity contribution is 5.67. The Kier molecular flexibility index (Phi) is 6.67. The van der Waals surface area contributed by atoms with Gasteiger partial charge in [-0.1, -0.05) is 113 Å². The first-order valence-corrected chi connectivity index (χ1v) is 10.2. The SMILES string of the molecule is Cc1ccc(-c2ccc(C)cc2)cc1.Cc1ccc(-c2ccc(C)cc2C)cc1.